The number of hydrogen-bond acceptors (Lipinski definition) is 3. The first-order valence-corrected chi connectivity index (χ1v) is 7.31. The molecule has 0 bridgehead atoms. The van der Waals surface area contributed by atoms with Crippen LogP contribution in [0, 0.1) is 0 Å². The van der Waals surface area contributed by atoms with Crippen molar-refractivity contribution in [1.29, 1.82) is 0 Å². The topological polar surface area (TPSA) is 69.4 Å². The number of rotatable bonds is 6. The second kappa shape index (κ2) is 6.34. The van der Waals surface area contributed by atoms with Crippen LogP contribution in [0.4, 0.5) is 0 Å². The summed E-state index contributed by atoms with van der Waals surface area (Å²) < 4.78 is 27.6. The Bertz CT molecular complexity index is 433. The molecular weight excluding hydrogens is 294 g/mol. The van der Waals surface area contributed by atoms with Gasteiger partial charge in [0.25, 0.3) is 0 Å². The molecule has 1 rings (SSSR count). The predicted molar refractivity (Wildman–Crippen MR) is 66.4 cm³/mol. The first kappa shape index (κ1) is 13.6. The molecule has 0 unspecified atom stereocenters. The van der Waals surface area contributed by atoms with E-state index < -0.39 is 10.0 Å². The Labute approximate surface area is 104 Å². The Kier molecular flexibility index (Phi) is 5.40. The SMILES string of the molecule is NS(=O)(=O)CCCOCc1cccc(Br)c1. The molecular formula is C10H14BrNO3S. The highest BCUT2D eigenvalue weighted by Crippen LogP contribution is 2.12. The highest BCUT2D eigenvalue weighted by molar-refractivity contribution is 9.10. The molecule has 6 heteroatoms. The van der Waals surface area contributed by atoms with Gasteiger partial charge in [-0.15, -0.1) is 0 Å². The molecule has 1 aromatic rings. The molecule has 0 aliphatic rings. The summed E-state index contributed by atoms with van der Waals surface area (Å²) in [6.07, 6.45) is 0.423. The lowest BCUT2D eigenvalue weighted by atomic mass is 10.2. The Morgan fingerprint density at radius 2 is 2.12 bits per heavy atom. The van der Waals surface area contributed by atoms with Crippen LogP contribution in [0.25, 0.3) is 0 Å². The third-order valence-electron chi connectivity index (χ3n) is 1.88. The Morgan fingerprint density at radius 3 is 2.75 bits per heavy atom. The van der Waals surface area contributed by atoms with Crippen LogP contribution in [0.3, 0.4) is 0 Å². The van der Waals surface area contributed by atoms with Crippen molar-refractivity contribution in [2.75, 3.05) is 12.4 Å². The van der Waals surface area contributed by atoms with Crippen molar-refractivity contribution < 1.29 is 13.2 Å². The van der Waals surface area contributed by atoms with Gasteiger partial charge in [-0.1, -0.05) is 28.1 Å². The summed E-state index contributed by atoms with van der Waals surface area (Å²) in [5.41, 5.74) is 1.05. The smallest absolute Gasteiger partial charge is 0.209 e. The van der Waals surface area contributed by atoms with E-state index in [1.54, 1.807) is 0 Å². The highest BCUT2D eigenvalue weighted by atomic mass is 79.9. The zero-order valence-corrected chi connectivity index (χ0v) is 11.1. The number of nitrogens with two attached hydrogens (primary N) is 1. The maximum absolute atomic E-state index is 10.6. The summed E-state index contributed by atoms with van der Waals surface area (Å²) in [7, 11) is -3.36. The van der Waals surface area contributed by atoms with E-state index in [9.17, 15) is 8.42 Å². The van der Waals surface area contributed by atoms with Crippen molar-refractivity contribution in [2.24, 2.45) is 5.14 Å². The molecule has 0 amide bonds. The number of sulfonamides is 1. The third-order valence-corrected chi connectivity index (χ3v) is 3.23. The fourth-order valence-electron chi connectivity index (χ4n) is 1.18. The van der Waals surface area contributed by atoms with Crippen molar-refractivity contribution >= 4 is 26.0 Å². The van der Waals surface area contributed by atoms with E-state index in [1.165, 1.54) is 0 Å². The molecule has 0 aliphatic heterocycles. The fourth-order valence-corrected chi connectivity index (χ4v) is 2.15. The lowest BCUT2D eigenvalue weighted by Crippen LogP contribution is -2.17. The molecule has 4 nitrogen and oxygen atoms in total. The van der Waals surface area contributed by atoms with Crippen molar-refractivity contribution in [3.8, 4) is 0 Å². The van der Waals surface area contributed by atoms with E-state index in [-0.39, 0.29) is 5.75 Å². The Hall–Kier alpha value is -0.430. The maximum atomic E-state index is 10.6. The average Bonchev–Trinajstić information content (AvgIpc) is 2.15. The minimum atomic E-state index is -3.36. The van der Waals surface area contributed by atoms with Crippen LogP contribution in [0.2, 0.25) is 0 Å². The lowest BCUT2D eigenvalue weighted by molar-refractivity contribution is 0.122. The maximum Gasteiger partial charge on any atom is 0.209 e. The van der Waals surface area contributed by atoms with Crippen LogP contribution < -0.4 is 5.14 Å². The minimum absolute atomic E-state index is 0.0362. The van der Waals surface area contributed by atoms with Gasteiger partial charge >= 0.3 is 0 Å². The zero-order valence-electron chi connectivity index (χ0n) is 8.73. The van der Waals surface area contributed by atoms with Crippen molar-refractivity contribution in [3.05, 3.63) is 34.3 Å². The first-order chi connectivity index (χ1) is 7.47. The van der Waals surface area contributed by atoms with Gasteiger partial charge in [0.05, 0.1) is 12.4 Å². The molecule has 1 aromatic carbocycles. The molecule has 0 fully saturated rings. The van der Waals surface area contributed by atoms with E-state index >= 15 is 0 Å². The molecule has 16 heavy (non-hydrogen) atoms. The summed E-state index contributed by atoms with van der Waals surface area (Å²) >= 11 is 3.36. The number of ether oxygens (including phenoxy) is 1. The van der Waals surface area contributed by atoms with Gasteiger partial charge in [-0.25, -0.2) is 13.6 Å². The molecule has 90 valence electrons. The van der Waals surface area contributed by atoms with Gasteiger partial charge in [0.15, 0.2) is 0 Å². The van der Waals surface area contributed by atoms with Crippen LogP contribution >= 0.6 is 15.9 Å². The second-order valence-corrected chi connectivity index (χ2v) is 6.05. The second-order valence-electron chi connectivity index (χ2n) is 3.40. The van der Waals surface area contributed by atoms with E-state index in [1.807, 2.05) is 24.3 Å². The largest absolute Gasteiger partial charge is 0.377 e. The number of halogens is 1. The molecule has 0 heterocycles. The van der Waals surface area contributed by atoms with Crippen LogP contribution in [0.15, 0.2) is 28.7 Å². The number of hydrogen-bond donors (Lipinski definition) is 1. The van der Waals surface area contributed by atoms with Crippen LogP contribution in [-0.2, 0) is 21.4 Å². The van der Waals surface area contributed by atoms with Crippen molar-refractivity contribution in [1.82, 2.24) is 0 Å². The Morgan fingerprint density at radius 1 is 1.38 bits per heavy atom. The fraction of sp³-hybridized carbons (Fsp3) is 0.400. The number of benzene rings is 1. The quantitative estimate of drug-likeness (QED) is 0.812. The van der Waals surface area contributed by atoms with Gasteiger partial charge in [-0.2, -0.15) is 0 Å². The predicted octanol–water partition coefficient (Wildman–Crippen LogP) is 1.64. The summed E-state index contributed by atoms with van der Waals surface area (Å²) in [5.74, 6) is -0.0362. The minimum Gasteiger partial charge on any atom is -0.377 e. The summed E-state index contributed by atoms with van der Waals surface area (Å²) in [5, 5.41) is 4.86. The van der Waals surface area contributed by atoms with Crippen molar-refractivity contribution in [2.45, 2.75) is 13.0 Å². The normalized spacial score (nSPS) is 11.6. The first-order valence-electron chi connectivity index (χ1n) is 4.80. The summed E-state index contributed by atoms with van der Waals surface area (Å²) in [6.45, 7) is 0.868. The Balaban J connectivity index is 2.21. The molecule has 0 saturated carbocycles. The van der Waals surface area contributed by atoms with E-state index in [0.29, 0.717) is 19.6 Å². The van der Waals surface area contributed by atoms with Crippen LogP contribution in [0.1, 0.15) is 12.0 Å². The molecule has 0 radical (unpaired) electrons. The van der Waals surface area contributed by atoms with Gasteiger partial charge < -0.3 is 4.74 Å². The zero-order chi connectivity index (χ0) is 12.0. The molecule has 2 N–H and O–H groups in total. The third kappa shape index (κ3) is 6.22. The summed E-state index contributed by atoms with van der Waals surface area (Å²) in [4.78, 5) is 0. The van der Waals surface area contributed by atoms with Gasteiger partial charge in [0.2, 0.25) is 10.0 Å². The molecule has 0 saturated heterocycles. The van der Waals surface area contributed by atoms with E-state index in [2.05, 4.69) is 15.9 Å². The standard InChI is InChI=1S/C10H14BrNO3S/c11-10-4-1-3-9(7-10)8-15-5-2-6-16(12,13)14/h1,3-4,7H,2,5-6,8H2,(H2,12,13,14). The van der Waals surface area contributed by atoms with Crippen LogP contribution in [0.5, 0.6) is 0 Å². The lowest BCUT2D eigenvalue weighted by Gasteiger charge is -2.04. The van der Waals surface area contributed by atoms with E-state index in [0.717, 1.165) is 10.0 Å². The monoisotopic (exact) mass is 307 g/mol. The van der Waals surface area contributed by atoms with E-state index in [4.69, 9.17) is 9.88 Å². The van der Waals surface area contributed by atoms with Gasteiger partial charge in [0, 0.05) is 11.1 Å². The van der Waals surface area contributed by atoms with Crippen LogP contribution in [-0.4, -0.2) is 20.8 Å². The average molecular weight is 308 g/mol. The summed E-state index contributed by atoms with van der Waals surface area (Å²) in [6, 6.07) is 7.77. The molecule has 0 aliphatic carbocycles. The van der Waals surface area contributed by atoms with Gasteiger partial charge in [-0.3, -0.25) is 0 Å². The van der Waals surface area contributed by atoms with Gasteiger partial charge in [-0.05, 0) is 24.1 Å². The molecule has 0 aromatic heterocycles. The van der Waals surface area contributed by atoms with Crippen molar-refractivity contribution in [3.63, 3.8) is 0 Å². The molecule has 0 atom stereocenters. The molecule has 0 spiro atoms. The highest BCUT2D eigenvalue weighted by Gasteiger charge is 2.01. The number of primary sulfonamides is 1. The van der Waals surface area contributed by atoms with Gasteiger partial charge in [0.1, 0.15) is 0 Å².